The quantitative estimate of drug-likeness (QED) is 0.774. The van der Waals surface area contributed by atoms with Gasteiger partial charge in [0.05, 0.1) is 0 Å². The average molecular weight is 370 g/mol. The molecule has 0 heterocycles. The topological polar surface area (TPSA) is 63.6 Å². The fraction of sp³-hybridized carbons (Fsp3) is 0.652. The number of rotatable bonds is 3. The summed E-state index contributed by atoms with van der Waals surface area (Å²) in [6, 6.07) is 0. The Morgan fingerprint density at radius 2 is 2.11 bits per heavy atom. The third-order valence-electron chi connectivity index (χ3n) is 8.23. The lowest BCUT2D eigenvalue weighted by atomic mass is 9.51. The van der Waals surface area contributed by atoms with Gasteiger partial charge in [-0.15, -0.1) is 0 Å². The normalized spacial score (nSPS) is 45.5. The summed E-state index contributed by atoms with van der Waals surface area (Å²) in [5.74, 6) is 0.413. The van der Waals surface area contributed by atoms with Crippen molar-refractivity contribution in [2.75, 3.05) is 13.7 Å². The Bertz CT molecular complexity index is 790. The highest BCUT2D eigenvalue weighted by Crippen LogP contribution is 2.66. The van der Waals surface area contributed by atoms with Crippen LogP contribution in [0.5, 0.6) is 0 Å². The maximum Gasteiger partial charge on any atom is 0.190 e. The van der Waals surface area contributed by atoms with Crippen molar-refractivity contribution in [3.05, 3.63) is 35.5 Å². The van der Waals surface area contributed by atoms with E-state index in [4.69, 9.17) is 4.74 Å². The Balaban J connectivity index is 1.77. The zero-order chi connectivity index (χ0) is 19.6. The van der Waals surface area contributed by atoms with Gasteiger partial charge < -0.3 is 9.84 Å². The minimum atomic E-state index is -1.34. The molecule has 2 unspecified atom stereocenters. The number of fused-ring (bicyclic) bond motifs is 5. The smallest absolute Gasteiger partial charge is 0.190 e. The summed E-state index contributed by atoms with van der Waals surface area (Å²) in [6.45, 7) is 6.27. The van der Waals surface area contributed by atoms with Crippen molar-refractivity contribution in [3.63, 3.8) is 0 Å². The molecule has 0 spiro atoms. The Hall–Kier alpha value is -1.52. The molecule has 4 aliphatic rings. The van der Waals surface area contributed by atoms with Crippen molar-refractivity contribution in [1.82, 2.24) is 0 Å². The number of methoxy groups -OCH3 is 1. The van der Waals surface area contributed by atoms with E-state index < -0.39 is 11.0 Å². The molecule has 146 valence electrons. The zero-order valence-corrected chi connectivity index (χ0v) is 16.7. The lowest BCUT2D eigenvalue weighted by molar-refractivity contribution is -0.162. The summed E-state index contributed by atoms with van der Waals surface area (Å²) < 4.78 is 5.08. The van der Waals surface area contributed by atoms with Crippen molar-refractivity contribution < 1.29 is 19.4 Å². The van der Waals surface area contributed by atoms with Crippen molar-refractivity contribution in [2.24, 2.45) is 28.6 Å². The van der Waals surface area contributed by atoms with Crippen LogP contribution in [0.1, 0.15) is 46.5 Å². The van der Waals surface area contributed by atoms with Gasteiger partial charge >= 0.3 is 0 Å². The van der Waals surface area contributed by atoms with Gasteiger partial charge in [-0.25, -0.2) is 0 Å². The number of Topliss-reactive ketones (excluding diaryl/α,β-unsaturated/α-hetero) is 1. The van der Waals surface area contributed by atoms with E-state index in [-0.39, 0.29) is 35.4 Å². The first-order valence-electron chi connectivity index (χ1n) is 10.1. The molecule has 2 fully saturated rings. The third-order valence-corrected chi connectivity index (χ3v) is 8.23. The standard InChI is InChI=1S/C23H30O4/c1-14-11-19-17-6-5-15-12-16(24)7-9-21(15,2)18(17)8-10-22(19,3)23(14,26)20(25)13-27-4/h7-9,12,14,17,19,26H,5-6,10-11,13H2,1-4H3/t14-,17?,19?,21+,22+,23+/m1/s1. The summed E-state index contributed by atoms with van der Waals surface area (Å²) >= 11 is 0. The molecule has 0 bridgehead atoms. The fourth-order valence-corrected chi connectivity index (χ4v) is 6.70. The van der Waals surface area contributed by atoms with Crippen LogP contribution in [-0.4, -0.2) is 36.0 Å². The van der Waals surface area contributed by atoms with E-state index in [9.17, 15) is 14.7 Å². The average Bonchev–Trinajstić information content (AvgIpc) is 2.84. The minimum absolute atomic E-state index is 0.0418. The van der Waals surface area contributed by atoms with Crippen molar-refractivity contribution in [2.45, 2.75) is 52.1 Å². The summed E-state index contributed by atoms with van der Waals surface area (Å²) in [5, 5.41) is 11.6. The van der Waals surface area contributed by atoms with Crippen LogP contribution in [0.25, 0.3) is 0 Å². The molecule has 0 radical (unpaired) electrons. The Morgan fingerprint density at radius 3 is 2.81 bits per heavy atom. The van der Waals surface area contributed by atoms with E-state index >= 15 is 0 Å². The van der Waals surface area contributed by atoms with E-state index in [1.165, 1.54) is 18.3 Å². The van der Waals surface area contributed by atoms with Gasteiger partial charge in [-0.3, -0.25) is 9.59 Å². The van der Waals surface area contributed by atoms with Gasteiger partial charge in [0, 0.05) is 17.9 Å². The second-order valence-corrected chi connectivity index (χ2v) is 9.40. The van der Waals surface area contributed by atoms with Gasteiger partial charge in [0.15, 0.2) is 11.6 Å². The monoisotopic (exact) mass is 370 g/mol. The van der Waals surface area contributed by atoms with Crippen LogP contribution in [-0.2, 0) is 14.3 Å². The second-order valence-electron chi connectivity index (χ2n) is 9.40. The Kier molecular flexibility index (Phi) is 4.17. The van der Waals surface area contributed by atoms with Crippen LogP contribution in [0.2, 0.25) is 0 Å². The van der Waals surface area contributed by atoms with Gasteiger partial charge in [0.1, 0.15) is 12.2 Å². The number of carbonyl (C=O) groups excluding carboxylic acids is 2. The number of hydrogen-bond donors (Lipinski definition) is 1. The van der Waals surface area contributed by atoms with Crippen LogP contribution >= 0.6 is 0 Å². The van der Waals surface area contributed by atoms with E-state index in [0.717, 1.165) is 19.3 Å². The maximum absolute atomic E-state index is 12.9. The molecule has 2 saturated carbocycles. The van der Waals surface area contributed by atoms with E-state index in [0.29, 0.717) is 12.3 Å². The van der Waals surface area contributed by atoms with Gasteiger partial charge in [-0.05, 0) is 62.5 Å². The summed E-state index contributed by atoms with van der Waals surface area (Å²) in [6.07, 6.45) is 11.2. The summed E-state index contributed by atoms with van der Waals surface area (Å²) in [5.41, 5.74) is 0.575. The summed E-state index contributed by atoms with van der Waals surface area (Å²) in [4.78, 5) is 24.7. The molecule has 1 N–H and O–H groups in total. The van der Waals surface area contributed by atoms with Gasteiger partial charge in [-0.2, -0.15) is 0 Å². The lowest BCUT2D eigenvalue weighted by Gasteiger charge is -2.53. The minimum Gasteiger partial charge on any atom is -0.381 e. The van der Waals surface area contributed by atoms with E-state index in [1.54, 1.807) is 12.2 Å². The highest BCUT2D eigenvalue weighted by Gasteiger charge is 2.67. The number of aliphatic hydroxyl groups is 1. The second kappa shape index (κ2) is 5.99. The van der Waals surface area contributed by atoms with Gasteiger partial charge in [0.25, 0.3) is 0 Å². The maximum atomic E-state index is 12.9. The molecule has 27 heavy (non-hydrogen) atoms. The highest BCUT2D eigenvalue weighted by atomic mass is 16.5. The molecule has 0 aliphatic heterocycles. The number of hydrogen-bond acceptors (Lipinski definition) is 4. The molecule has 0 aromatic rings. The molecule has 6 atom stereocenters. The first-order chi connectivity index (χ1) is 12.7. The molecule has 0 saturated heterocycles. The van der Waals surface area contributed by atoms with Crippen LogP contribution in [0.3, 0.4) is 0 Å². The molecule has 0 aromatic carbocycles. The number of carbonyl (C=O) groups is 2. The fourth-order valence-electron chi connectivity index (χ4n) is 6.70. The lowest BCUT2D eigenvalue weighted by Crippen LogP contribution is -2.57. The molecule has 4 nitrogen and oxygen atoms in total. The first kappa shape index (κ1) is 18.8. The van der Waals surface area contributed by atoms with Crippen molar-refractivity contribution in [3.8, 4) is 0 Å². The van der Waals surface area contributed by atoms with Crippen LogP contribution in [0, 0.1) is 28.6 Å². The molecular formula is C23H30O4. The van der Waals surface area contributed by atoms with E-state index in [1.807, 2.05) is 6.92 Å². The molecule has 4 aliphatic carbocycles. The molecule has 0 aromatic heterocycles. The molecule has 0 amide bonds. The van der Waals surface area contributed by atoms with Crippen molar-refractivity contribution >= 4 is 11.6 Å². The number of ketones is 2. The number of allylic oxidation sites excluding steroid dienone is 6. The van der Waals surface area contributed by atoms with Crippen molar-refractivity contribution in [1.29, 1.82) is 0 Å². The van der Waals surface area contributed by atoms with Crippen LogP contribution < -0.4 is 0 Å². The predicted molar refractivity (Wildman–Crippen MR) is 103 cm³/mol. The highest BCUT2D eigenvalue weighted by molar-refractivity contribution is 6.01. The first-order valence-corrected chi connectivity index (χ1v) is 10.1. The van der Waals surface area contributed by atoms with Gasteiger partial charge in [-0.1, -0.05) is 37.1 Å². The van der Waals surface area contributed by atoms with E-state index in [2.05, 4.69) is 26.0 Å². The largest absolute Gasteiger partial charge is 0.381 e. The molecule has 4 rings (SSSR count). The summed E-state index contributed by atoms with van der Waals surface area (Å²) in [7, 11) is 1.51. The SMILES string of the molecule is COCC(=O)[C@@]1(O)[C@H](C)CC2C3CCC4=CC(=O)C=C[C@]4(C)C3=CC[C@@]21C. The van der Waals surface area contributed by atoms with Crippen LogP contribution in [0.15, 0.2) is 35.5 Å². The number of ether oxygens (including phenoxy) is 1. The Morgan fingerprint density at radius 1 is 1.37 bits per heavy atom. The van der Waals surface area contributed by atoms with Crippen LogP contribution in [0.4, 0.5) is 0 Å². The molecular weight excluding hydrogens is 340 g/mol. The Labute approximate surface area is 161 Å². The molecule has 4 heteroatoms. The zero-order valence-electron chi connectivity index (χ0n) is 16.7. The third kappa shape index (κ3) is 2.29. The predicted octanol–water partition coefficient (Wildman–Crippen LogP) is 3.41. The van der Waals surface area contributed by atoms with Gasteiger partial charge in [0.2, 0.25) is 0 Å².